The summed E-state index contributed by atoms with van der Waals surface area (Å²) in [6, 6.07) is 9.11. The van der Waals surface area contributed by atoms with E-state index < -0.39 is 29.1 Å². The fourth-order valence-electron chi connectivity index (χ4n) is 4.22. The lowest BCUT2D eigenvalue weighted by Gasteiger charge is -2.20. The number of pyridine rings is 1. The van der Waals surface area contributed by atoms with Crippen LogP contribution in [0.1, 0.15) is 46.3 Å². The summed E-state index contributed by atoms with van der Waals surface area (Å²) in [5.74, 6) is -2.16. The summed E-state index contributed by atoms with van der Waals surface area (Å²) in [5, 5.41) is 13.8. The molecule has 3 N–H and O–H groups in total. The predicted molar refractivity (Wildman–Crippen MR) is 133 cm³/mol. The van der Waals surface area contributed by atoms with Gasteiger partial charge in [-0.2, -0.15) is 0 Å². The Kier molecular flexibility index (Phi) is 8.15. The van der Waals surface area contributed by atoms with E-state index in [1.807, 2.05) is 0 Å². The van der Waals surface area contributed by atoms with E-state index in [0.717, 1.165) is 11.8 Å². The Hall–Kier alpha value is -4.54. The number of rotatable bonds is 10. The minimum Gasteiger partial charge on any atom is -0.506 e. The summed E-state index contributed by atoms with van der Waals surface area (Å²) in [7, 11) is 1.43. The van der Waals surface area contributed by atoms with E-state index in [4.69, 9.17) is 18.9 Å². The number of fused-ring (bicyclic) bond motifs is 1. The summed E-state index contributed by atoms with van der Waals surface area (Å²) >= 11 is 0. The molecule has 0 saturated carbocycles. The third-order valence-electron chi connectivity index (χ3n) is 6.07. The molecule has 0 aliphatic carbocycles. The third-order valence-corrected chi connectivity index (χ3v) is 6.07. The van der Waals surface area contributed by atoms with Gasteiger partial charge in [0.05, 0.1) is 19.3 Å². The first-order chi connectivity index (χ1) is 18.3. The first-order valence-corrected chi connectivity index (χ1v) is 11.9. The van der Waals surface area contributed by atoms with Crippen LogP contribution >= 0.6 is 0 Å². The van der Waals surface area contributed by atoms with Crippen LogP contribution in [0.4, 0.5) is 4.39 Å². The van der Waals surface area contributed by atoms with Gasteiger partial charge in [-0.3, -0.25) is 9.59 Å². The van der Waals surface area contributed by atoms with Crippen LogP contribution in [0.3, 0.4) is 0 Å². The zero-order valence-electron chi connectivity index (χ0n) is 20.8. The van der Waals surface area contributed by atoms with E-state index >= 15 is 0 Å². The average Bonchev–Trinajstić information content (AvgIpc) is 3.38. The number of ether oxygens (including phenoxy) is 4. The molecule has 0 radical (unpaired) electrons. The Bertz CT molecular complexity index is 1390. The lowest BCUT2D eigenvalue weighted by atomic mass is 9.87. The largest absolute Gasteiger partial charge is 0.506 e. The lowest BCUT2D eigenvalue weighted by molar-refractivity contribution is -0.121. The maximum atomic E-state index is 13.2. The Labute approximate surface area is 217 Å². The lowest BCUT2D eigenvalue weighted by Crippen LogP contribution is -2.29. The highest BCUT2D eigenvalue weighted by Gasteiger charge is 2.31. The monoisotopic (exact) mass is 526 g/mol. The second kappa shape index (κ2) is 11.7. The van der Waals surface area contributed by atoms with E-state index in [1.54, 1.807) is 31.2 Å². The van der Waals surface area contributed by atoms with Crippen LogP contribution in [0.15, 0.2) is 47.4 Å². The second-order valence-electron chi connectivity index (χ2n) is 8.45. The highest BCUT2D eigenvalue weighted by molar-refractivity contribution is 5.92. The van der Waals surface area contributed by atoms with Crippen LogP contribution in [-0.4, -0.2) is 49.0 Å². The molecule has 1 aromatic heterocycles. The quantitative estimate of drug-likeness (QED) is 0.343. The van der Waals surface area contributed by atoms with Gasteiger partial charge in [-0.15, -0.1) is 0 Å². The predicted octanol–water partition coefficient (Wildman–Crippen LogP) is 3.01. The minimum atomic E-state index is -0.998. The van der Waals surface area contributed by atoms with Gasteiger partial charge in [0.1, 0.15) is 17.1 Å². The number of aromatic nitrogens is 1. The Morgan fingerprint density at radius 3 is 2.68 bits per heavy atom. The molecule has 3 aromatic rings. The first-order valence-electron chi connectivity index (χ1n) is 11.9. The molecule has 0 saturated heterocycles. The highest BCUT2D eigenvalue weighted by atomic mass is 19.1. The number of carbonyl (C=O) groups excluding carboxylic acids is 2. The molecule has 2 heterocycles. The summed E-state index contributed by atoms with van der Waals surface area (Å²) in [5.41, 5.74) is 0.138. The number of benzene rings is 2. The molecular formula is C27H27FN2O8. The topological polar surface area (TPSA) is 136 Å². The molecule has 200 valence electrons. The van der Waals surface area contributed by atoms with Crippen molar-refractivity contribution in [3.63, 3.8) is 0 Å². The van der Waals surface area contributed by atoms with Crippen molar-refractivity contribution in [3.05, 3.63) is 81.0 Å². The van der Waals surface area contributed by atoms with Gasteiger partial charge in [-0.1, -0.05) is 12.1 Å². The Morgan fingerprint density at radius 2 is 1.97 bits per heavy atom. The fraction of sp³-hybridized carbons (Fsp3) is 0.296. The number of H-pyrrole nitrogens is 1. The van der Waals surface area contributed by atoms with Crippen molar-refractivity contribution >= 4 is 11.9 Å². The number of hydrogen-bond acceptors (Lipinski definition) is 8. The number of halogens is 1. The molecule has 0 fully saturated rings. The second-order valence-corrected chi connectivity index (χ2v) is 8.45. The zero-order chi connectivity index (χ0) is 27.2. The summed E-state index contributed by atoms with van der Waals surface area (Å²) in [6.45, 7) is 1.90. The van der Waals surface area contributed by atoms with E-state index in [1.165, 1.54) is 19.2 Å². The van der Waals surface area contributed by atoms with Gasteiger partial charge in [0.15, 0.2) is 11.5 Å². The molecule has 11 heteroatoms. The Morgan fingerprint density at radius 1 is 1.21 bits per heavy atom. The molecule has 1 atom stereocenters. The number of hydrogen-bond donors (Lipinski definition) is 3. The normalized spacial score (nSPS) is 12.6. The van der Waals surface area contributed by atoms with Gasteiger partial charge < -0.3 is 34.4 Å². The van der Waals surface area contributed by atoms with Crippen LogP contribution in [0.2, 0.25) is 0 Å². The third kappa shape index (κ3) is 5.72. The molecule has 2 aromatic carbocycles. The summed E-state index contributed by atoms with van der Waals surface area (Å²) in [4.78, 5) is 40.9. The molecule has 10 nitrogen and oxygen atoms in total. The number of carbonyl (C=O) groups is 2. The molecule has 1 aliphatic heterocycles. The van der Waals surface area contributed by atoms with Gasteiger partial charge >= 0.3 is 5.97 Å². The summed E-state index contributed by atoms with van der Waals surface area (Å²) in [6.07, 6.45) is 1.27. The minimum absolute atomic E-state index is 0.0339. The van der Waals surface area contributed by atoms with E-state index in [-0.39, 0.29) is 43.3 Å². The van der Waals surface area contributed by atoms with Crippen molar-refractivity contribution in [2.45, 2.75) is 25.7 Å². The van der Waals surface area contributed by atoms with E-state index in [0.29, 0.717) is 29.2 Å². The van der Waals surface area contributed by atoms with Crippen molar-refractivity contribution in [2.24, 2.45) is 0 Å². The van der Waals surface area contributed by atoms with Crippen LogP contribution in [0.5, 0.6) is 23.0 Å². The van der Waals surface area contributed by atoms with Crippen molar-refractivity contribution in [1.82, 2.24) is 10.3 Å². The Balaban J connectivity index is 1.67. The summed E-state index contributed by atoms with van der Waals surface area (Å²) < 4.78 is 34.5. The van der Waals surface area contributed by atoms with Gasteiger partial charge in [0, 0.05) is 25.1 Å². The van der Waals surface area contributed by atoms with Crippen LogP contribution in [-0.2, 0) is 16.0 Å². The number of esters is 1. The number of methoxy groups -OCH3 is 1. The number of aromatic amines is 1. The van der Waals surface area contributed by atoms with Crippen LogP contribution in [0, 0.1) is 5.82 Å². The fourth-order valence-corrected chi connectivity index (χ4v) is 4.22. The van der Waals surface area contributed by atoms with Crippen molar-refractivity contribution in [2.75, 3.05) is 27.1 Å². The molecule has 1 aliphatic rings. The van der Waals surface area contributed by atoms with E-state index in [9.17, 15) is 23.9 Å². The molecule has 38 heavy (non-hydrogen) atoms. The molecule has 0 bridgehead atoms. The van der Waals surface area contributed by atoms with E-state index in [2.05, 4.69) is 10.3 Å². The van der Waals surface area contributed by atoms with Gasteiger partial charge in [0.25, 0.3) is 5.56 Å². The highest BCUT2D eigenvalue weighted by Crippen LogP contribution is 2.45. The molecule has 0 spiro atoms. The average molecular weight is 527 g/mol. The molecule has 0 unspecified atom stereocenters. The van der Waals surface area contributed by atoms with Crippen LogP contribution < -0.4 is 25.1 Å². The van der Waals surface area contributed by atoms with Crippen molar-refractivity contribution in [1.29, 1.82) is 0 Å². The zero-order valence-corrected chi connectivity index (χ0v) is 20.8. The number of amides is 1. The number of nitrogens with one attached hydrogen (secondary N) is 2. The van der Waals surface area contributed by atoms with Gasteiger partial charge in [-0.25, -0.2) is 9.18 Å². The standard InChI is InChI=1S/C27H27FN2O8/c1-3-36-27(34)19-13-30-26(33)23(24(19)32)18(16-10-20(35-2)25-21(11-16)37-14-38-25)12-22(31)29-9-8-15-4-6-17(28)7-5-15/h4-7,10-11,13,18H,3,8-9,12,14H2,1-2H3,(H,29,31)(H2,30,32,33)/t18-/m1/s1. The van der Waals surface area contributed by atoms with Crippen LogP contribution in [0.25, 0.3) is 0 Å². The molecule has 4 rings (SSSR count). The SMILES string of the molecule is CCOC(=O)c1c[nH]c(=O)c([C@H](CC(=O)NCCc2ccc(F)cc2)c2cc(OC)c3c(c2)OCO3)c1O. The maximum absolute atomic E-state index is 13.2. The maximum Gasteiger partial charge on any atom is 0.343 e. The van der Waals surface area contributed by atoms with Gasteiger partial charge in [0.2, 0.25) is 18.4 Å². The van der Waals surface area contributed by atoms with Gasteiger partial charge in [-0.05, 0) is 48.7 Å². The van der Waals surface area contributed by atoms with Crippen molar-refractivity contribution < 1.29 is 38.0 Å². The van der Waals surface area contributed by atoms with Crippen molar-refractivity contribution in [3.8, 4) is 23.0 Å². The molecule has 1 amide bonds. The molecular weight excluding hydrogens is 499 g/mol. The number of aromatic hydroxyl groups is 1. The smallest absolute Gasteiger partial charge is 0.343 e. The first kappa shape index (κ1) is 26.5.